The van der Waals surface area contributed by atoms with Gasteiger partial charge in [0, 0.05) is 0 Å². The van der Waals surface area contributed by atoms with Gasteiger partial charge in [-0.2, -0.15) is 22.0 Å². The van der Waals surface area contributed by atoms with Crippen LogP contribution in [0.2, 0.25) is 0 Å². The quantitative estimate of drug-likeness (QED) is 0.431. The fraction of sp³-hybridized carbons (Fsp3) is 0.667. The Hall–Kier alpha value is -0.240. The van der Waals surface area contributed by atoms with Gasteiger partial charge in [-0.05, 0) is 22.0 Å². The molecule has 1 unspecified atom stereocenters. The summed E-state index contributed by atoms with van der Waals surface area (Å²) in [4.78, 5) is -4.82. The van der Waals surface area contributed by atoms with Gasteiger partial charge in [-0.3, -0.25) is 0 Å². The molecule has 0 fully saturated rings. The second kappa shape index (κ2) is 4.09. The maximum atomic E-state index is 12.8. The van der Waals surface area contributed by atoms with E-state index in [1.807, 2.05) is 0 Å². The van der Waals surface area contributed by atoms with E-state index >= 15 is 0 Å². The van der Waals surface area contributed by atoms with Crippen molar-refractivity contribution in [2.75, 3.05) is 6.61 Å². The van der Waals surface area contributed by atoms with Crippen LogP contribution < -0.4 is 0 Å². The van der Waals surface area contributed by atoms with Crippen LogP contribution in [0.3, 0.4) is 0 Å². The summed E-state index contributed by atoms with van der Waals surface area (Å²) in [6.45, 7) is -1.22. The molecule has 14 heavy (non-hydrogen) atoms. The van der Waals surface area contributed by atoms with Crippen LogP contribution in [-0.2, 0) is 5.11 Å². The van der Waals surface area contributed by atoms with Gasteiger partial charge in [-0.15, -0.1) is 0 Å². The summed E-state index contributed by atoms with van der Waals surface area (Å²) in [5, 5.41) is 9.75. The van der Waals surface area contributed by atoms with Gasteiger partial charge < -0.3 is 0 Å². The fourth-order valence-corrected chi connectivity index (χ4v) is 0.917. The van der Waals surface area contributed by atoms with E-state index in [1.54, 1.807) is 0 Å². The maximum absolute atomic E-state index is 12.8. The van der Waals surface area contributed by atoms with Crippen molar-refractivity contribution in [2.45, 2.75) is 16.7 Å². The maximum Gasteiger partial charge on any atom is 0.433 e. The normalized spacial score (nSPS) is 18.6. The first-order valence-corrected chi connectivity index (χ1v) is 3.93. The van der Waals surface area contributed by atoms with Gasteiger partial charge in [-0.25, -0.2) is 9.50 Å². The highest BCUT2D eigenvalue weighted by molar-refractivity contribution is 9.10. The lowest BCUT2D eigenvalue weighted by Crippen LogP contribution is -2.50. The minimum absolute atomic E-state index is 0.142. The molecule has 0 aromatic carbocycles. The molecular weight excluding hydrogens is 282 g/mol. The first kappa shape index (κ1) is 13.8. The van der Waals surface area contributed by atoms with Crippen molar-refractivity contribution in [3.8, 4) is 0 Å². The molecule has 0 aliphatic heterocycles. The molecule has 0 spiro atoms. The van der Waals surface area contributed by atoms with E-state index in [2.05, 4.69) is 0 Å². The highest BCUT2D eigenvalue weighted by atomic mass is 79.9. The van der Waals surface area contributed by atoms with Gasteiger partial charge in [0.15, 0.2) is 0 Å². The number of allylic oxidation sites excluding steroid dienone is 1. The lowest BCUT2D eigenvalue weighted by atomic mass is 10.1. The minimum Gasteiger partial charge on any atom is -0.232 e. The number of halogens is 7. The summed E-state index contributed by atoms with van der Waals surface area (Å²) in [6.07, 6.45) is -6.15. The number of rotatable bonds is 3. The summed E-state index contributed by atoms with van der Waals surface area (Å²) in [5.41, 5.74) is -4.87. The zero-order valence-electron chi connectivity index (χ0n) is 6.42. The van der Waals surface area contributed by atoms with E-state index < -0.39 is 29.4 Å². The third-order valence-corrected chi connectivity index (χ3v) is 1.85. The van der Waals surface area contributed by atoms with Gasteiger partial charge in [0.2, 0.25) is 0 Å². The molecule has 0 bridgehead atoms. The largest absolute Gasteiger partial charge is 0.433 e. The lowest BCUT2D eigenvalue weighted by molar-refractivity contribution is -0.254. The molecule has 1 atom stereocenters. The molecule has 0 aliphatic carbocycles. The zero-order chi connectivity index (χ0) is 11.6. The van der Waals surface area contributed by atoms with E-state index in [1.165, 1.54) is 15.9 Å². The SMILES string of the molecule is [O]CC=CC(F)(C(F)(F)F)C(F)(F)Br. The molecule has 0 heterocycles. The van der Waals surface area contributed by atoms with Crippen LogP contribution >= 0.6 is 15.9 Å². The van der Waals surface area contributed by atoms with E-state index in [-0.39, 0.29) is 6.08 Å². The highest BCUT2D eigenvalue weighted by Gasteiger charge is 2.68. The van der Waals surface area contributed by atoms with E-state index in [0.717, 1.165) is 0 Å². The van der Waals surface area contributed by atoms with Crippen molar-refractivity contribution in [3.63, 3.8) is 0 Å². The topological polar surface area (TPSA) is 19.9 Å². The Morgan fingerprint density at radius 1 is 1.07 bits per heavy atom. The smallest absolute Gasteiger partial charge is 0.232 e. The Bertz CT molecular complexity index is 203. The summed E-state index contributed by atoms with van der Waals surface area (Å²) in [6, 6.07) is 0. The molecule has 0 N–H and O–H groups in total. The number of alkyl halides is 7. The van der Waals surface area contributed by atoms with E-state index in [4.69, 9.17) is 0 Å². The van der Waals surface area contributed by atoms with Gasteiger partial charge >= 0.3 is 11.0 Å². The van der Waals surface area contributed by atoms with Crippen molar-refractivity contribution in [3.05, 3.63) is 12.2 Å². The molecule has 0 aliphatic rings. The van der Waals surface area contributed by atoms with Gasteiger partial charge in [0.1, 0.15) is 6.61 Å². The lowest BCUT2D eigenvalue weighted by Gasteiger charge is -2.28. The first-order chi connectivity index (χ1) is 6.06. The summed E-state index contributed by atoms with van der Waals surface area (Å²) < 4.78 is 73.0. The van der Waals surface area contributed by atoms with E-state index in [9.17, 15) is 31.4 Å². The second-order valence-corrected chi connectivity index (χ2v) is 3.27. The van der Waals surface area contributed by atoms with Crippen molar-refractivity contribution < 1.29 is 31.4 Å². The monoisotopic (exact) mass is 285 g/mol. The molecule has 1 radical (unpaired) electrons. The van der Waals surface area contributed by atoms with Gasteiger partial charge in [0.25, 0.3) is 5.67 Å². The molecule has 83 valence electrons. The van der Waals surface area contributed by atoms with Crippen LogP contribution in [0, 0.1) is 0 Å². The standard InChI is InChI=1S/C6H4BrF6O/c7-5(9,10)4(8,2-1-3-14)6(11,12)13/h1-2H,3H2. The van der Waals surface area contributed by atoms with Crippen molar-refractivity contribution in [2.24, 2.45) is 0 Å². The average Bonchev–Trinajstić information content (AvgIpc) is 1.95. The van der Waals surface area contributed by atoms with E-state index in [0.29, 0.717) is 0 Å². The van der Waals surface area contributed by atoms with Crippen molar-refractivity contribution >= 4 is 15.9 Å². The molecule has 0 aromatic rings. The Kier molecular flexibility index (Phi) is 4.02. The van der Waals surface area contributed by atoms with Crippen LogP contribution in [0.1, 0.15) is 0 Å². The Morgan fingerprint density at radius 2 is 1.50 bits per heavy atom. The molecular formula is C6H4BrF6O. The average molecular weight is 286 g/mol. The third-order valence-electron chi connectivity index (χ3n) is 1.27. The van der Waals surface area contributed by atoms with Crippen LogP contribution in [0.15, 0.2) is 12.2 Å². The van der Waals surface area contributed by atoms with Crippen molar-refractivity contribution in [1.82, 2.24) is 0 Å². The molecule has 0 aromatic heterocycles. The predicted octanol–water partition coefficient (Wildman–Crippen LogP) is 3.23. The highest BCUT2D eigenvalue weighted by Crippen LogP contribution is 2.49. The van der Waals surface area contributed by atoms with Crippen LogP contribution in [0.5, 0.6) is 0 Å². The zero-order valence-corrected chi connectivity index (χ0v) is 8.00. The van der Waals surface area contributed by atoms with Crippen LogP contribution in [-0.4, -0.2) is 23.3 Å². The molecule has 0 saturated carbocycles. The molecule has 0 amide bonds. The summed E-state index contributed by atoms with van der Waals surface area (Å²) in [7, 11) is 0. The number of hydrogen-bond donors (Lipinski definition) is 0. The van der Waals surface area contributed by atoms with Crippen LogP contribution in [0.25, 0.3) is 0 Å². The molecule has 0 saturated heterocycles. The summed E-state index contributed by atoms with van der Waals surface area (Å²) >= 11 is 1.29. The fourth-order valence-electron chi connectivity index (χ4n) is 0.560. The Labute approximate surface area is 83.5 Å². The summed E-state index contributed by atoms with van der Waals surface area (Å²) in [5.74, 6) is 0. The predicted molar refractivity (Wildman–Crippen MR) is 38.5 cm³/mol. The Morgan fingerprint density at radius 3 is 1.71 bits per heavy atom. The van der Waals surface area contributed by atoms with Gasteiger partial charge in [0.05, 0.1) is 0 Å². The molecule has 8 heteroatoms. The first-order valence-electron chi connectivity index (χ1n) is 3.14. The molecule has 0 rings (SSSR count). The second-order valence-electron chi connectivity index (χ2n) is 2.28. The Balaban J connectivity index is 5.18. The molecule has 1 nitrogen and oxygen atoms in total. The van der Waals surface area contributed by atoms with Crippen molar-refractivity contribution in [1.29, 1.82) is 0 Å². The third kappa shape index (κ3) is 2.63. The van der Waals surface area contributed by atoms with Gasteiger partial charge in [-0.1, -0.05) is 6.08 Å². The minimum atomic E-state index is -5.80. The number of hydrogen-bond acceptors (Lipinski definition) is 0. The van der Waals surface area contributed by atoms with Crippen LogP contribution in [0.4, 0.5) is 26.3 Å².